The second-order valence-corrected chi connectivity index (χ2v) is 7.05. The summed E-state index contributed by atoms with van der Waals surface area (Å²) >= 11 is 0. The molecule has 0 heterocycles. The van der Waals surface area contributed by atoms with Crippen LogP contribution in [0.3, 0.4) is 0 Å². The van der Waals surface area contributed by atoms with Gasteiger partial charge in [-0.15, -0.1) is 0 Å². The van der Waals surface area contributed by atoms with Gasteiger partial charge in [-0.25, -0.2) is 0 Å². The maximum absolute atomic E-state index is 10.5. The molecule has 2 unspecified atom stereocenters. The molecule has 0 aromatic carbocycles. The first-order chi connectivity index (χ1) is 12.0. The number of hydrogen-bond acceptors (Lipinski definition) is 4. The van der Waals surface area contributed by atoms with E-state index < -0.39 is 24.3 Å². The van der Waals surface area contributed by atoms with Crippen molar-refractivity contribution in [2.45, 2.75) is 83.0 Å². The van der Waals surface area contributed by atoms with Gasteiger partial charge in [-0.05, 0) is 31.6 Å². The molecule has 5 heteroatoms. The lowest BCUT2D eigenvalue weighted by Gasteiger charge is -2.19. The first-order valence-electron chi connectivity index (χ1n) is 9.55. The predicted octanol–water partition coefficient (Wildman–Crippen LogP) is 3.04. The standard InChI is InChI=1S/C20H34O5/c1-2-3-6-9-15(21)12-13-17-16(18(22)14-19(17)23)10-7-4-5-8-11-20(24)25/h4,7,12-13,15-19,21-23H,2-3,5-6,8-11,14H2,1H3,(H,24,25)/t15-,16?,17+,18?,19-/m0/s1. The molecule has 1 rings (SSSR count). The predicted molar refractivity (Wildman–Crippen MR) is 98.1 cm³/mol. The highest BCUT2D eigenvalue weighted by Gasteiger charge is 2.39. The van der Waals surface area contributed by atoms with Crippen LogP contribution in [-0.4, -0.2) is 44.7 Å². The van der Waals surface area contributed by atoms with Crippen molar-refractivity contribution < 1.29 is 25.2 Å². The smallest absolute Gasteiger partial charge is 0.303 e. The van der Waals surface area contributed by atoms with Crippen LogP contribution in [-0.2, 0) is 4.79 Å². The SMILES string of the molecule is CCCCC[C@H](O)C=C[C@@H]1C(CC=CCCCC(=O)O)C(O)C[C@@H]1O. The molecule has 1 fully saturated rings. The highest BCUT2D eigenvalue weighted by molar-refractivity contribution is 5.66. The zero-order valence-electron chi connectivity index (χ0n) is 15.3. The van der Waals surface area contributed by atoms with E-state index in [1.165, 1.54) is 0 Å². The van der Waals surface area contributed by atoms with Crippen LogP contribution < -0.4 is 0 Å². The summed E-state index contributed by atoms with van der Waals surface area (Å²) in [5, 5.41) is 39.0. The molecule has 0 amide bonds. The van der Waals surface area contributed by atoms with E-state index >= 15 is 0 Å². The third-order valence-electron chi connectivity index (χ3n) is 4.91. The van der Waals surface area contributed by atoms with E-state index in [2.05, 4.69) is 6.92 Å². The largest absolute Gasteiger partial charge is 0.481 e. The minimum atomic E-state index is -0.787. The summed E-state index contributed by atoms with van der Waals surface area (Å²) in [4.78, 5) is 10.5. The topological polar surface area (TPSA) is 98.0 Å². The van der Waals surface area contributed by atoms with Crippen molar-refractivity contribution in [2.24, 2.45) is 11.8 Å². The molecular weight excluding hydrogens is 320 g/mol. The second kappa shape index (κ2) is 12.2. The molecule has 0 spiro atoms. The highest BCUT2D eigenvalue weighted by Crippen LogP contribution is 2.36. The number of hydrogen-bond donors (Lipinski definition) is 4. The van der Waals surface area contributed by atoms with E-state index in [-0.39, 0.29) is 18.3 Å². The fraction of sp³-hybridized carbons (Fsp3) is 0.750. The maximum atomic E-state index is 10.5. The third kappa shape index (κ3) is 8.66. The van der Waals surface area contributed by atoms with Crippen LogP contribution in [0.1, 0.15) is 64.7 Å². The summed E-state index contributed by atoms with van der Waals surface area (Å²) in [6, 6.07) is 0. The van der Waals surface area contributed by atoms with Gasteiger partial charge in [0, 0.05) is 18.8 Å². The van der Waals surface area contributed by atoms with Gasteiger partial charge in [0.05, 0.1) is 18.3 Å². The van der Waals surface area contributed by atoms with Crippen LogP contribution in [0.25, 0.3) is 0 Å². The van der Waals surface area contributed by atoms with Crippen molar-refractivity contribution in [2.75, 3.05) is 0 Å². The van der Waals surface area contributed by atoms with Crippen molar-refractivity contribution in [1.29, 1.82) is 0 Å². The molecule has 5 atom stereocenters. The fourth-order valence-electron chi connectivity index (χ4n) is 3.41. The number of aliphatic carboxylic acids is 1. The first kappa shape index (κ1) is 21.9. The van der Waals surface area contributed by atoms with Gasteiger partial charge in [0.1, 0.15) is 0 Å². The van der Waals surface area contributed by atoms with Crippen molar-refractivity contribution in [1.82, 2.24) is 0 Å². The Kier molecular flexibility index (Phi) is 10.7. The third-order valence-corrected chi connectivity index (χ3v) is 4.91. The van der Waals surface area contributed by atoms with Gasteiger partial charge in [0.2, 0.25) is 0 Å². The molecule has 25 heavy (non-hydrogen) atoms. The molecule has 5 nitrogen and oxygen atoms in total. The maximum Gasteiger partial charge on any atom is 0.303 e. The molecule has 0 aliphatic heterocycles. The van der Waals surface area contributed by atoms with Gasteiger partial charge >= 0.3 is 5.97 Å². The zero-order valence-corrected chi connectivity index (χ0v) is 15.3. The molecule has 4 N–H and O–H groups in total. The van der Waals surface area contributed by atoms with E-state index in [4.69, 9.17) is 5.11 Å². The van der Waals surface area contributed by atoms with Gasteiger partial charge < -0.3 is 20.4 Å². The molecular formula is C20H34O5. The van der Waals surface area contributed by atoms with Crippen LogP contribution in [0.5, 0.6) is 0 Å². The van der Waals surface area contributed by atoms with Gasteiger partial charge in [-0.1, -0.05) is 50.5 Å². The van der Waals surface area contributed by atoms with Crippen molar-refractivity contribution in [3.63, 3.8) is 0 Å². The Balaban J connectivity index is 2.46. The Morgan fingerprint density at radius 1 is 1.16 bits per heavy atom. The number of carboxylic acids is 1. The summed E-state index contributed by atoms with van der Waals surface area (Å²) in [5.74, 6) is -1.00. The second-order valence-electron chi connectivity index (χ2n) is 7.05. The Labute approximate surface area is 151 Å². The van der Waals surface area contributed by atoms with Crippen LogP contribution in [0.15, 0.2) is 24.3 Å². The minimum Gasteiger partial charge on any atom is -0.481 e. The lowest BCUT2D eigenvalue weighted by Crippen LogP contribution is -2.20. The average molecular weight is 354 g/mol. The summed E-state index contributed by atoms with van der Waals surface area (Å²) < 4.78 is 0. The number of allylic oxidation sites excluding steroid dienone is 2. The lowest BCUT2D eigenvalue weighted by molar-refractivity contribution is -0.137. The van der Waals surface area contributed by atoms with Gasteiger partial charge in [-0.2, -0.15) is 0 Å². The Bertz CT molecular complexity index is 432. The van der Waals surface area contributed by atoms with E-state index in [1.807, 2.05) is 18.2 Å². The van der Waals surface area contributed by atoms with Crippen molar-refractivity contribution in [3.8, 4) is 0 Å². The summed E-state index contributed by atoms with van der Waals surface area (Å²) in [5.41, 5.74) is 0. The summed E-state index contributed by atoms with van der Waals surface area (Å²) in [6.07, 6.45) is 12.3. The van der Waals surface area contributed by atoms with Gasteiger partial charge in [0.15, 0.2) is 0 Å². The van der Waals surface area contributed by atoms with E-state index in [1.54, 1.807) is 6.08 Å². The zero-order chi connectivity index (χ0) is 18.7. The van der Waals surface area contributed by atoms with Gasteiger partial charge in [0.25, 0.3) is 0 Å². The van der Waals surface area contributed by atoms with E-state index in [0.717, 1.165) is 25.7 Å². The van der Waals surface area contributed by atoms with Crippen LogP contribution in [0, 0.1) is 11.8 Å². The van der Waals surface area contributed by atoms with Crippen molar-refractivity contribution >= 4 is 5.97 Å². The fourth-order valence-corrected chi connectivity index (χ4v) is 3.41. The number of rotatable bonds is 12. The Morgan fingerprint density at radius 3 is 2.60 bits per heavy atom. The number of carboxylic acid groups (broad SMARTS) is 1. The number of aliphatic hydroxyl groups excluding tert-OH is 3. The molecule has 1 aliphatic rings. The van der Waals surface area contributed by atoms with Crippen molar-refractivity contribution in [3.05, 3.63) is 24.3 Å². The summed E-state index contributed by atoms with van der Waals surface area (Å²) in [6.45, 7) is 2.12. The molecule has 0 radical (unpaired) electrons. The molecule has 144 valence electrons. The average Bonchev–Trinajstić information content (AvgIpc) is 2.82. The Hall–Kier alpha value is -1.17. The Morgan fingerprint density at radius 2 is 1.92 bits per heavy atom. The molecule has 0 saturated heterocycles. The van der Waals surface area contributed by atoms with E-state index in [0.29, 0.717) is 25.7 Å². The monoisotopic (exact) mass is 354 g/mol. The molecule has 1 aliphatic carbocycles. The lowest BCUT2D eigenvalue weighted by atomic mass is 9.89. The molecule has 0 bridgehead atoms. The highest BCUT2D eigenvalue weighted by atomic mass is 16.4. The molecule has 0 aromatic heterocycles. The quantitative estimate of drug-likeness (QED) is 0.319. The van der Waals surface area contributed by atoms with Gasteiger partial charge in [-0.3, -0.25) is 4.79 Å². The summed E-state index contributed by atoms with van der Waals surface area (Å²) in [7, 11) is 0. The van der Waals surface area contributed by atoms with Crippen LogP contribution >= 0.6 is 0 Å². The van der Waals surface area contributed by atoms with Crippen LogP contribution in [0.4, 0.5) is 0 Å². The molecule has 0 aromatic rings. The molecule has 1 saturated carbocycles. The van der Waals surface area contributed by atoms with E-state index in [9.17, 15) is 20.1 Å². The number of unbranched alkanes of at least 4 members (excludes halogenated alkanes) is 3. The van der Waals surface area contributed by atoms with Crippen LogP contribution in [0.2, 0.25) is 0 Å². The number of aliphatic hydroxyl groups is 3. The first-order valence-corrected chi connectivity index (χ1v) is 9.55. The normalized spacial score (nSPS) is 28.2. The number of carbonyl (C=O) groups is 1. The minimum absolute atomic E-state index is 0.0650.